The van der Waals surface area contributed by atoms with Gasteiger partial charge < -0.3 is 12.2 Å². The summed E-state index contributed by atoms with van der Waals surface area (Å²) in [5, 5.41) is 4.22. The average molecular weight is 515 g/mol. The van der Waals surface area contributed by atoms with Crippen molar-refractivity contribution in [3.63, 3.8) is 0 Å². The lowest BCUT2D eigenvalue weighted by atomic mass is 9.81. The highest BCUT2D eigenvalue weighted by Gasteiger charge is 2.48. The predicted octanol–water partition coefficient (Wildman–Crippen LogP) is 9.51. The maximum atomic E-state index is 7.00. The molecule has 7 rings (SSSR count). The van der Waals surface area contributed by atoms with E-state index in [-0.39, 0.29) is 5.41 Å². The molecule has 182 valence electrons. The SMILES string of the molecule is CC1(C)c2ccccc2-c2ccc(C3=C4CCCCC4=C(c4ccccc4)[P+]3([S-])c3ccccc3)cc21. The van der Waals surface area contributed by atoms with Gasteiger partial charge in [0, 0.05) is 27.7 Å². The summed E-state index contributed by atoms with van der Waals surface area (Å²) in [7, 11) is 0. The summed E-state index contributed by atoms with van der Waals surface area (Å²) in [4.78, 5) is 0. The van der Waals surface area contributed by atoms with Gasteiger partial charge in [-0.2, -0.15) is 0 Å². The van der Waals surface area contributed by atoms with Gasteiger partial charge in [-0.25, -0.2) is 0 Å². The van der Waals surface area contributed by atoms with Gasteiger partial charge in [-0.05, 0) is 72.6 Å². The lowest BCUT2D eigenvalue weighted by Crippen LogP contribution is -2.15. The van der Waals surface area contributed by atoms with Crippen molar-refractivity contribution in [2.75, 3.05) is 0 Å². The van der Waals surface area contributed by atoms with Crippen molar-refractivity contribution >= 4 is 34.6 Å². The molecule has 0 bridgehead atoms. The average Bonchev–Trinajstić information content (AvgIpc) is 3.35. The van der Waals surface area contributed by atoms with Gasteiger partial charge in [0.1, 0.15) is 0 Å². The van der Waals surface area contributed by atoms with Crippen LogP contribution in [0.4, 0.5) is 0 Å². The number of benzene rings is 4. The Hall–Kier alpha value is -2.86. The number of allylic oxidation sites excluding steroid dienone is 2. The Morgan fingerprint density at radius 3 is 1.86 bits per heavy atom. The summed E-state index contributed by atoms with van der Waals surface area (Å²) in [5.74, 6) is 0. The van der Waals surface area contributed by atoms with Crippen LogP contribution in [-0.2, 0) is 17.7 Å². The molecule has 37 heavy (non-hydrogen) atoms. The van der Waals surface area contributed by atoms with E-state index in [0.29, 0.717) is 0 Å². The zero-order chi connectivity index (χ0) is 25.2. The van der Waals surface area contributed by atoms with Crippen molar-refractivity contribution in [2.45, 2.75) is 44.9 Å². The summed E-state index contributed by atoms with van der Waals surface area (Å²) in [6.45, 7) is 2.51. The van der Waals surface area contributed by atoms with Gasteiger partial charge in [0.15, 0.2) is 0 Å². The van der Waals surface area contributed by atoms with Gasteiger partial charge in [0.25, 0.3) is 0 Å². The lowest BCUT2D eigenvalue weighted by Gasteiger charge is -2.35. The topological polar surface area (TPSA) is 0 Å². The van der Waals surface area contributed by atoms with Crippen molar-refractivity contribution < 1.29 is 0 Å². The van der Waals surface area contributed by atoms with E-state index in [1.807, 2.05) is 0 Å². The van der Waals surface area contributed by atoms with E-state index in [1.54, 1.807) is 11.1 Å². The van der Waals surface area contributed by atoms with E-state index in [9.17, 15) is 0 Å². The lowest BCUT2D eigenvalue weighted by molar-refractivity contribution is 0.660. The maximum Gasteiger partial charge on any atom is 0.0938 e. The molecule has 2 heteroatoms. The van der Waals surface area contributed by atoms with Crippen molar-refractivity contribution in [2.24, 2.45) is 0 Å². The van der Waals surface area contributed by atoms with Gasteiger partial charge in [-0.15, -0.1) is 0 Å². The first kappa shape index (κ1) is 23.3. The molecule has 3 aliphatic rings. The Kier molecular flexibility index (Phi) is 5.40. The third-order valence-corrected chi connectivity index (χ3v) is 13.8. The molecule has 1 unspecified atom stereocenters. The Morgan fingerprint density at radius 2 is 1.16 bits per heavy atom. The minimum atomic E-state index is -2.24. The molecule has 4 aromatic carbocycles. The van der Waals surface area contributed by atoms with Crippen LogP contribution in [0.3, 0.4) is 0 Å². The van der Waals surface area contributed by atoms with Crippen LogP contribution in [0.25, 0.3) is 21.8 Å². The third kappa shape index (κ3) is 3.34. The van der Waals surface area contributed by atoms with Crippen LogP contribution in [0.1, 0.15) is 61.8 Å². The normalized spacial score (nSPS) is 21.6. The molecular formula is C35H31PS. The molecule has 0 aromatic heterocycles. The Labute approximate surface area is 226 Å². The molecule has 1 saturated carbocycles. The van der Waals surface area contributed by atoms with Crippen LogP contribution < -0.4 is 5.30 Å². The van der Waals surface area contributed by atoms with Gasteiger partial charge in [0.2, 0.25) is 0 Å². The van der Waals surface area contributed by atoms with Crippen LogP contribution in [0, 0.1) is 0 Å². The fourth-order valence-electron chi connectivity index (χ4n) is 6.98. The monoisotopic (exact) mass is 514 g/mol. The van der Waals surface area contributed by atoms with E-state index in [4.69, 9.17) is 12.2 Å². The summed E-state index contributed by atoms with van der Waals surface area (Å²) in [6.07, 6.45) is 4.76. The van der Waals surface area contributed by atoms with Crippen LogP contribution in [0.15, 0.2) is 114 Å². The molecule has 1 atom stereocenters. The Balaban J connectivity index is 1.50. The molecule has 0 radical (unpaired) electrons. The van der Waals surface area contributed by atoms with Gasteiger partial charge in [0.05, 0.1) is 15.9 Å². The minimum absolute atomic E-state index is 0.0217. The number of fused-ring (bicyclic) bond motifs is 4. The van der Waals surface area contributed by atoms with Crippen LogP contribution in [0.2, 0.25) is 0 Å². The molecule has 1 aliphatic heterocycles. The molecule has 1 heterocycles. The predicted molar refractivity (Wildman–Crippen MR) is 163 cm³/mol. The Bertz CT molecular complexity index is 1590. The molecular weight excluding hydrogens is 483 g/mol. The van der Waals surface area contributed by atoms with E-state index in [0.717, 1.165) is 12.8 Å². The van der Waals surface area contributed by atoms with E-state index in [2.05, 4.69) is 117 Å². The molecule has 2 aliphatic carbocycles. The van der Waals surface area contributed by atoms with Gasteiger partial charge >= 0.3 is 0 Å². The quantitative estimate of drug-likeness (QED) is 0.194. The second kappa shape index (κ2) is 8.59. The second-order valence-corrected chi connectivity index (χ2v) is 15.4. The molecule has 4 aromatic rings. The van der Waals surface area contributed by atoms with Crippen LogP contribution in [0.5, 0.6) is 0 Å². The minimum Gasteiger partial charge on any atom is -0.540 e. The van der Waals surface area contributed by atoms with E-state index >= 15 is 0 Å². The molecule has 1 fully saturated rings. The highest BCUT2D eigenvalue weighted by atomic mass is 32.7. The fraction of sp³-hybridized carbons (Fsp3) is 0.200. The van der Waals surface area contributed by atoms with E-state index in [1.165, 1.54) is 62.2 Å². The summed E-state index contributed by atoms with van der Waals surface area (Å²) >= 11 is 7.00. The summed E-state index contributed by atoms with van der Waals surface area (Å²) < 4.78 is 0. The van der Waals surface area contributed by atoms with Gasteiger partial charge in [-0.3, -0.25) is 0 Å². The number of hydrogen-bond donors (Lipinski definition) is 0. The van der Waals surface area contributed by atoms with Crippen molar-refractivity contribution in [3.05, 3.63) is 137 Å². The van der Waals surface area contributed by atoms with Crippen molar-refractivity contribution in [1.29, 1.82) is 0 Å². The van der Waals surface area contributed by atoms with Crippen LogP contribution >= 0.6 is 6.46 Å². The zero-order valence-corrected chi connectivity index (χ0v) is 23.2. The maximum absolute atomic E-state index is 7.00. The van der Waals surface area contributed by atoms with Crippen LogP contribution in [-0.4, -0.2) is 0 Å². The molecule has 0 N–H and O–H groups in total. The molecule has 0 saturated heterocycles. The van der Waals surface area contributed by atoms with E-state index < -0.39 is 6.46 Å². The number of hydrogen-bond acceptors (Lipinski definition) is 1. The highest BCUT2D eigenvalue weighted by molar-refractivity contribution is 8.53. The van der Waals surface area contributed by atoms with Crippen molar-refractivity contribution in [3.8, 4) is 11.1 Å². The molecule has 0 spiro atoms. The standard InChI is InChI=1S/C35H31PS/c1-35(2)31-20-12-11-17-27(31)28-22-21-25(23-32(28)35)34-30-19-10-9-18-29(30)33(24-13-5-3-6-14-24)36(34,37)26-15-7-4-8-16-26/h3-8,11-17,20-23H,9-10,18-19H2,1-2H3. The molecule has 0 nitrogen and oxygen atoms in total. The fourth-order valence-corrected chi connectivity index (χ4v) is 12.2. The molecule has 0 amide bonds. The Morgan fingerprint density at radius 1 is 0.595 bits per heavy atom. The summed E-state index contributed by atoms with van der Waals surface area (Å²) in [6, 6.07) is 38.2. The summed E-state index contributed by atoms with van der Waals surface area (Å²) in [5.41, 5.74) is 11.3. The van der Waals surface area contributed by atoms with Crippen molar-refractivity contribution in [1.82, 2.24) is 0 Å². The largest absolute Gasteiger partial charge is 0.540 e. The first-order chi connectivity index (χ1) is 18.0. The second-order valence-electron chi connectivity index (χ2n) is 11.1. The third-order valence-electron chi connectivity index (χ3n) is 8.69. The highest BCUT2D eigenvalue weighted by Crippen LogP contribution is 2.82. The zero-order valence-electron chi connectivity index (χ0n) is 21.5. The number of rotatable bonds is 3. The first-order valence-corrected chi connectivity index (χ1v) is 16.2. The smallest absolute Gasteiger partial charge is 0.0938 e. The van der Waals surface area contributed by atoms with Gasteiger partial charge in [-0.1, -0.05) is 98.8 Å². The first-order valence-electron chi connectivity index (χ1n) is 13.4.